The molecule has 1 heterocycles. The predicted molar refractivity (Wildman–Crippen MR) is 119 cm³/mol. The lowest BCUT2D eigenvalue weighted by Crippen LogP contribution is -2.19. The van der Waals surface area contributed by atoms with E-state index in [1.54, 1.807) is 42.7 Å². The Morgan fingerprint density at radius 2 is 1.43 bits per heavy atom. The fraction of sp³-hybridized carbons (Fsp3) is 0.0417. The summed E-state index contributed by atoms with van der Waals surface area (Å²) < 4.78 is 5.60. The lowest BCUT2D eigenvalue weighted by Gasteiger charge is -2.17. The normalized spacial score (nSPS) is 11.5. The maximum atomic E-state index is 13.1. The van der Waals surface area contributed by atoms with Crippen molar-refractivity contribution in [2.75, 3.05) is 5.32 Å². The Morgan fingerprint density at radius 1 is 0.800 bits per heavy atom. The third-order valence-electron chi connectivity index (χ3n) is 4.21. The van der Waals surface area contributed by atoms with Crippen LogP contribution in [0.3, 0.4) is 0 Å². The molecule has 4 rings (SSSR count). The van der Waals surface area contributed by atoms with E-state index in [-0.39, 0.29) is 17.2 Å². The summed E-state index contributed by atoms with van der Waals surface area (Å²) >= 11 is 1.52. The molecule has 0 bridgehead atoms. The first-order valence-corrected chi connectivity index (χ1v) is 10.3. The van der Waals surface area contributed by atoms with Gasteiger partial charge < -0.3 is 10.1 Å². The number of nitrogens with zero attached hydrogens (tertiary/aromatic N) is 2. The maximum absolute atomic E-state index is 13.1. The Morgan fingerprint density at radius 3 is 2.10 bits per heavy atom. The third kappa shape index (κ3) is 5.24. The number of carbonyl (C=O) groups is 1. The van der Waals surface area contributed by atoms with Gasteiger partial charge in [-0.15, -0.1) is 11.8 Å². The van der Waals surface area contributed by atoms with E-state index < -0.39 is 0 Å². The van der Waals surface area contributed by atoms with E-state index in [0.29, 0.717) is 11.4 Å². The highest BCUT2D eigenvalue weighted by molar-refractivity contribution is 8.00. The van der Waals surface area contributed by atoms with Crippen LogP contribution in [0.1, 0.15) is 10.8 Å². The molecule has 30 heavy (non-hydrogen) atoms. The van der Waals surface area contributed by atoms with Crippen LogP contribution in [0.2, 0.25) is 0 Å². The van der Waals surface area contributed by atoms with E-state index in [0.717, 1.165) is 10.5 Å². The molecule has 1 atom stereocenters. The summed E-state index contributed by atoms with van der Waals surface area (Å²) in [6.07, 6.45) is 3.23. The van der Waals surface area contributed by atoms with Gasteiger partial charge in [-0.3, -0.25) is 4.79 Å². The Labute approximate surface area is 179 Å². The largest absolute Gasteiger partial charge is 0.424 e. The van der Waals surface area contributed by atoms with Crippen LogP contribution in [0.15, 0.2) is 108 Å². The van der Waals surface area contributed by atoms with Crippen molar-refractivity contribution in [3.05, 3.63) is 109 Å². The molecule has 0 saturated carbocycles. The summed E-state index contributed by atoms with van der Waals surface area (Å²) in [5, 5.41) is 2.63. The van der Waals surface area contributed by atoms with Gasteiger partial charge in [0, 0.05) is 23.0 Å². The van der Waals surface area contributed by atoms with Crippen molar-refractivity contribution in [1.82, 2.24) is 9.97 Å². The van der Waals surface area contributed by atoms with Crippen LogP contribution in [0.4, 0.5) is 5.69 Å². The highest BCUT2D eigenvalue weighted by Crippen LogP contribution is 2.36. The van der Waals surface area contributed by atoms with Gasteiger partial charge in [-0.25, -0.2) is 9.97 Å². The minimum absolute atomic E-state index is 0.0879. The molecule has 0 fully saturated rings. The number of hydrogen-bond acceptors (Lipinski definition) is 5. The number of rotatable bonds is 7. The second-order valence-electron chi connectivity index (χ2n) is 6.37. The van der Waals surface area contributed by atoms with Gasteiger partial charge in [-0.1, -0.05) is 48.5 Å². The Kier molecular flexibility index (Phi) is 6.37. The third-order valence-corrected chi connectivity index (χ3v) is 5.48. The van der Waals surface area contributed by atoms with Crippen molar-refractivity contribution in [1.29, 1.82) is 0 Å². The smallest absolute Gasteiger partial charge is 0.321 e. The highest BCUT2D eigenvalue weighted by Gasteiger charge is 2.22. The van der Waals surface area contributed by atoms with Crippen molar-refractivity contribution >= 4 is 23.4 Å². The van der Waals surface area contributed by atoms with Gasteiger partial charge in [0.05, 0.1) is 0 Å². The van der Waals surface area contributed by atoms with Crippen molar-refractivity contribution in [2.45, 2.75) is 10.1 Å². The first-order valence-electron chi connectivity index (χ1n) is 9.40. The van der Waals surface area contributed by atoms with Gasteiger partial charge >= 0.3 is 6.01 Å². The second-order valence-corrected chi connectivity index (χ2v) is 7.55. The van der Waals surface area contributed by atoms with Crippen LogP contribution in [0.5, 0.6) is 11.8 Å². The molecule has 3 aromatic carbocycles. The molecular weight excluding hydrogens is 394 g/mol. The monoisotopic (exact) mass is 413 g/mol. The Bertz CT molecular complexity index is 1080. The van der Waals surface area contributed by atoms with Gasteiger partial charge in [0.1, 0.15) is 11.0 Å². The molecule has 4 aromatic rings. The van der Waals surface area contributed by atoms with Crippen molar-refractivity contribution < 1.29 is 9.53 Å². The molecule has 0 aliphatic rings. The summed E-state index contributed by atoms with van der Waals surface area (Å²) in [6.45, 7) is 0. The SMILES string of the molecule is O=C(Nc1ccc(Oc2ncccn2)cc1)C(Sc1ccccc1)c1ccccc1. The molecule has 1 N–H and O–H groups in total. The fourth-order valence-corrected chi connectivity index (χ4v) is 3.84. The molecule has 1 amide bonds. The number of nitrogens with one attached hydrogen (secondary N) is 1. The molecule has 0 aliphatic carbocycles. The average Bonchev–Trinajstić information content (AvgIpc) is 2.81. The molecule has 0 spiro atoms. The molecule has 148 valence electrons. The molecule has 5 nitrogen and oxygen atoms in total. The van der Waals surface area contributed by atoms with Crippen LogP contribution < -0.4 is 10.1 Å². The summed E-state index contributed by atoms with van der Waals surface area (Å²) in [5.41, 5.74) is 1.64. The lowest BCUT2D eigenvalue weighted by atomic mass is 10.1. The topological polar surface area (TPSA) is 64.1 Å². The quantitative estimate of drug-likeness (QED) is 0.391. The number of amides is 1. The number of carbonyl (C=O) groups excluding carboxylic acids is 1. The van der Waals surface area contributed by atoms with E-state index in [1.807, 2.05) is 60.7 Å². The average molecular weight is 414 g/mol. The van der Waals surface area contributed by atoms with Gasteiger partial charge in [0.25, 0.3) is 0 Å². The van der Waals surface area contributed by atoms with Crippen molar-refractivity contribution in [2.24, 2.45) is 0 Å². The standard InChI is InChI=1S/C24H19N3O2S/c28-23(22(18-8-3-1-4-9-18)30-21-10-5-2-6-11-21)27-19-12-14-20(15-13-19)29-24-25-16-7-17-26-24/h1-17,22H,(H,27,28). The molecule has 6 heteroatoms. The summed E-state index contributed by atoms with van der Waals surface area (Å²) in [5.74, 6) is 0.507. The maximum Gasteiger partial charge on any atom is 0.321 e. The van der Waals surface area contributed by atoms with Gasteiger partial charge in [-0.05, 0) is 48.0 Å². The fourth-order valence-electron chi connectivity index (χ4n) is 2.79. The van der Waals surface area contributed by atoms with Crippen LogP contribution in [0, 0.1) is 0 Å². The minimum atomic E-state index is -0.373. The van der Waals surface area contributed by atoms with Crippen LogP contribution in [-0.4, -0.2) is 15.9 Å². The van der Waals surface area contributed by atoms with Gasteiger partial charge in [0.15, 0.2) is 0 Å². The predicted octanol–water partition coefficient (Wildman–Crippen LogP) is 5.74. The second kappa shape index (κ2) is 9.71. The number of hydrogen-bond donors (Lipinski definition) is 1. The van der Waals surface area contributed by atoms with E-state index in [1.165, 1.54) is 11.8 Å². The van der Waals surface area contributed by atoms with E-state index in [9.17, 15) is 4.79 Å². The first-order chi connectivity index (χ1) is 14.8. The zero-order valence-electron chi connectivity index (χ0n) is 16.0. The molecule has 1 unspecified atom stereocenters. The lowest BCUT2D eigenvalue weighted by molar-refractivity contribution is -0.115. The Balaban J connectivity index is 1.48. The number of aromatic nitrogens is 2. The summed E-state index contributed by atoms with van der Waals surface area (Å²) in [6, 6.07) is 28.8. The van der Waals surface area contributed by atoms with E-state index in [2.05, 4.69) is 15.3 Å². The van der Waals surface area contributed by atoms with Crippen LogP contribution >= 0.6 is 11.8 Å². The van der Waals surface area contributed by atoms with E-state index >= 15 is 0 Å². The summed E-state index contributed by atoms with van der Waals surface area (Å²) in [7, 11) is 0. The molecule has 0 saturated heterocycles. The first kappa shape index (κ1) is 19.7. The highest BCUT2D eigenvalue weighted by atomic mass is 32.2. The molecule has 1 aromatic heterocycles. The van der Waals surface area contributed by atoms with E-state index in [4.69, 9.17) is 4.74 Å². The number of anilines is 1. The number of benzene rings is 3. The molecular formula is C24H19N3O2S. The number of ether oxygens (including phenoxy) is 1. The van der Waals surface area contributed by atoms with Gasteiger partial charge in [-0.2, -0.15) is 0 Å². The molecule has 0 aliphatic heterocycles. The zero-order valence-corrected chi connectivity index (χ0v) is 16.8. The zero-order chi connectivity index (χ0) is 20.6. The summed E-state index contributed by atoms with van der Waals surface area (Å²) in [4.78, 5) is 22.2. The number of thioether (sulfide) groups is 1. The van der Waals surface area contributed by atoms with Crippen LogP contribution in [0.25, 0.3) is 0 Å². The minimum Gasteiger partial charge on any atom is -0.424 e. The van der Waals surface area contributed by atoms with Crippen LogP contribution in [-0.2, 0) is 4.79 Å². The van der Waals surface area contributed by atoms with Gasteiger partial charge in [0.2, 0.25) is 5.91 Å². The Hall–Kier alpha value is -3.64. The van der Waals surface area contributed by atoms with Crippen molar-refractivity contribution in [3.63, 3.8) is 0 Å². The van der Waals surface area contributed by atoms with Crippen molar-refractivity contribution in [3.8, 4) is 11.8 Å². The molecule has 0 radical (unpaired) electrons.